The summed E-state index contributed by atoms with van der Waals surface area (Å²) in [5, 5.41) is 3.58. The Bertz CT molecular complexity index is 426. The molecule has 0 bridgehead atoms. The molecule has 0 fully saturated rings. The van der Waals surface area contributed by atoms with E-state index in [0.29, 0.717) is 26.0 Å². The van der Waals surface area contributed by atoms with Crippen molar-refractivity contribution in [2.45, 2.75) is 31.8 Å². The number of rotatable bonds is 8. The number of hydrogen-bond donors (Lipinski definition) is 2. The Labute approximate surface area is 120 Å². The van der Waals surface area contributed by atoms with Crippen LogP contribution in [0.4, 0.5) is 0 Å². The molecule has 3 N–H and O–H groups in total. The molecule has 0 amide bonds. The molecular formula is C15H24N2O3. The second-order valence-electron chi connectivity index (χ2n) is 5.08. The largest absolute Gasteiger partial charge is 0.454 e. The quantitative estimate of drug-likeness (QED) is 0.760. The number of benzene rings is 1. The fourth-order valence-electron chi connectivity index (χ4n) is 2.41. The molecule has 0 spiro atoms. The van der Waals surface area contributed by atoms with Gasteiger partial charge in [-0.1, -0.05) is 6.07 Å². The van der Waals surface area contributed by atoms with E-state index in [2.05, 4.69) is 18.3 Å². The summed E-state index contributed by atoms with van der Waals surface area (Å²) in [6.07, 6.45) is 2.01. The minimum atomic E-state index is 0.224. The highest BCUT2D eigenvalue weighted by molar-refractivity contribution is 5.45. The first-order chi connectivity index (χ1) is 9.74. The lowest BCUT2D eigenvalue weighted by Gasteiger charge is -2.23. The van der Waals surface area contributed by atoms with Crippen LogP contribution in [0.1, 0.15) is 31.4 Å². The van der Waals surface area contributed by atoms with E-state index >= 15 is 0 Å². The molecule has 1 heterocycles. The highest BCUT2D eigenvalue weighted by atomic mass is 16.7. The molecule has 0 saturated carbocycles. The zero-order valence-corrected chi connectivity index (χ0v) is 12.2. The second kappa shape index (κ2) is 7.47. The van der Waals surface area contributed by atoms with E-state index in [0.717, 1.165) is 24.3 Å². The van der Waals surface area contributed by atoms with Crippen molar-refractivity contribution in [3.63, 3.8) is 0 Å². The zero-order chi connectivity index (χ0) is 14.4. The van der Waals surface area contributed by atoms with Gasteiger partial charge in [-0.05, 0) is 44.0 Å². The van der Waals surface area contributed by atoms with Crippen LogP contribution in [0.15, 0.2) is 18.2 Å². The van der Waals surface area contributed by atoms with Gasteiger partial charge in [0.05, 0.1) is 6.61 Å². The van der Waals surface area contributed by atoms with Crippen molar-refractivity contribution in [1.82, 2.24) is 5.32 Å². The third kappa shape index (κ3) is 3.85. The molecule has 0 aromatic heterocycles. The highest BCUT2D eigenvalue weighted by Gasteiger charge is 2.17. The molecule has 0 radical (unpaired) electrons. The summed E-state index contributed by atoms with van der Waals surface area (Å²) >= 11 is 0. The first-order valence-electron chi connectivity index (χ1n) is 7.09. The van der Waals surface area contributed by atoms with Crippen LogP contribution in [-0.4, -0.2) is 33.1 Å². The topological polar surface area (TPSA) is 65.7 Å². The van der Waals surface area contributed by atoms with Gasteiger partial charge in [0.15, 0.2) is 11.5 Å². The molecule has 5 heteroatoms. The number of nitrogens with two attached hydrogens (primary N) is 1. The van der Waals surface area contributed by atoms with E-state index in [9.17, 15) is 0 Å². The van der Waals surface area contributed by atoms with Gasteiger partial charge in [-0.2, -0.15) is 0 Å². The normalized spacial score (nSPS) is 16.1. The van der Waals surface area contributed by atoms with Gasteiger partial charge in [-0.25, -0.2) is 0 Å². The summed E-state index contributed by atoms with van der Waals surface area (Å²) in [4.78, 5) is 0. The van der Waals surface area contributed by atoms with Gasteiger partial charge >= 0.3 is 0 Å². The maximum absolute atomic E-state index is 5.58. The number of nitrogens with one attached hydrogen (secondary N) is 1. The molecule has 2 rings (SSSR count). The smallest absolute Gasteiger partial charge is 0.231 e. The predicted molar refractivity (Wildman–Crippen MR) is 78.1 cm³/mol. The van der Waals surface area contributed by atoms with Crippen molar-refractivity contribution in [3.05, 3.63) is 23.8 Å². The van der Waals surface area contributed by atoms with E-state index in [1.807, 2.05) is 12.1 Å². The minimum absolute atomic E-state index is 0.224. The van der Waals surface area contributed by atoms with Crippen LogP contribution < -0.4 is 20.5 Å². The summed E-state index contributed by atoms with van der Waals surface area (Å²) in [5.74, 6) is 1.64. The maximum Gasteiger partial charge on any atom is 0.231 e. The van der Waals surface area contributed by atoms with Gasteiger partial charge < -0.3 is 25.3 Å². The molecule has 2 atom stereocenters. The number of ether oxygens (including phenoxy) is 3. The summed E-state index contributed by atoms with van der Waals surface area (Å²) in [6, 6.07) is 6.60. The average Bonchev–Trinajstić information content (AvgIpc) is 2.92. The van der Waals surface area contributed by atoms with E-state index in [1.165, 1.54) is 5.56 Å². The molecule has 2 unspecified atom stereocenters. The summed E-state index contributed by atoms with van der Waals surface area (Å²) < 4.78 is 16.0. The maximum atomic E-state index is 5.58. The molecule has 1 aliphatic heterocycles. The van der Waals surface area contributed by atoms with E-state index < -0.39 is 0 Å². The lowest BCUT2D eigenvalue weighted by molar-refractivity contribution is 0.156. The Morgan fingerprint density at radius 3 is 2.90 bits per heavy atom. The predicted octanol–water partition coefficient (Wildman–Crippen LogP) is 1.82. The Kier molecular flexibility index (Phi) is 5.64. The lowest BCUT2D eigenvalue weighted by atomic mass is 10.1. The average molecular weight is 280 g/mol. The van der Waals surface area contributed by atoms with E-state index in [-0.39, 0.29) is 6.04 Å². The van der Waals surface area contributed by atoms with Crippen LogP contribution in [0.25, 0.3) is 0 Å². The molecule has 0 aliphatic carbocycles. The monoisotopic (exact) mass is 280 g/mol. The summed E-state index contributed by atoms with van der Waals surface area (Å²) in [7, 11) is 1.72. The van der Waals surface area contributed by atoms with Gasteiger partial charge in [0.2, 0.25) is 6.79 Å². The minimum Gasteiger partial charge on any atom is -0.454 e. The molecule has 112 valence electrons. The Hall–Kier alpha value is -1.30. The zero-order valence-electron chi connectivity index (χ0n) is 12.2. The molecule has 0 saturated heterocycles. The van der Waals surface area contributed by atoms with Crippen molar-refractivity contribution in [2.75, 3.05) is 27.1 Å². The Morgan fingerprint density at radius 2 is 2.15 bits per heavy atom. The molecule has 1 aromatic carbocycles. The fraction of sp³-hybridized carbons (Fsp3) is 0.600. The fourth-order valence-corrected chi connectivity index (χ4v) is 2.41. The van der Waals surface area contributed by atoms with Gasteiger partial charge in [0.1, 0.15) is 0 Å². The van der Waals surface area contributed by atoms with Gasteiger partial charge in [-0.15, -0.1) is 0 Å². The molecule has 1 aromatic rings. The Balaban J connectivity index is 1.96. The van der Waals surface area contributed by atoms with Crippen molar-refractivity contribution in [2.24, 2.45) is 5.73 Å². The van der Waals surface area contributed by atoms with Gasteiger partial charge in [0.25, 0.3) is 0 Å². The van der Waals surface area contributed by atoms with Gasteiger partial charge in [-0.3, -0.25) is 0 Å². The van der Waals surface area contributed by atoms with Crippen molar-refractivity contribution >= 4 is 0 Å². The summed E-state index contributed by atoms with van der Waals surface area (Å²) in [5.41, 5.74) is 6.76. The SMILES string of the molecule is COCC(CCCN)NC(C)c1ccc2c(c1)OCO2. The Morgan fingerprint density at radius 1 is 1.35 bits per heavy atom. The third-order valence-corrected chi connectivity index (χ3v) is 3.51. The van der Waals surface area contributed by atoms with Crippen LogP contribution in [0.5, 0.6) is 11.5 Å². The van der Waals surface area contributed by atoms with Crippen LogP contribution in [0.2, 0.25) is 0 Å². The molecule has 5 nitrogen and oxygen atoms in total. The number of methoxy groups -OCH3 is 1. The molecular weight excluding hydrogens is 256 g/mol. The molecule has 1 aliphatic rings. The van der Waals surface area contributed by atoms with Crippen molar-refractivity contribution in [1.29, 1.82) is 0 Å². The van der Waals surface area contributed by atoms with E-state index in [4.69, 9.17) is 19.9 Å². The van der Waals surface area contributed by atoms with Crippen LogP contribution >= 0.6 is 0 Å². The third-order valence-electron chi connectivity index (χ3n) is 3.51. The number of hydrogen-bond acceptors (Lipinski definition) is 5. The van der Waals surface area contributed by atoms with Crippen molar-refractivity contribution in [3.8, 4) is 11.5 Å². The van der Waals surface area contributed by atoms with Gasteiger partial charge in [0, 0.05) is 19.2 Å². The first kappa shape index (κ1) is 15.1. The second-order valence-corrected chi connectivity index (χ2v) is 5.08. The standard InChI is InChI=1S/C15H24N2O3/c1-11(17-13(9-18-2)4-3-7-16)12-5-6-14-15(8-12)20-10-19-14/h5-6,8,11,13,17H,3-4,7,9-10,16H2,1-2H3. The van der Waals surface area contributed by atoms with Crippen LogP contribution in [-0.2, 0) is 4.74 Å². The summed E-state index contributed by atoms with van der Waals surface area (Å²) in [6.45, 7) is 3.85. The first-order valence-corrected chi connectivity index (χ1v) is 7.09. The molecule has 20 heavy (non-hydrogen) atoms. The van der Waals surface area contributed by atoms with E-state index in [1.54, 1.807) is 7.11 Å². The highest BCUT2D eigenvalue weighted by Crippen LogP contribution is 2.34. The number of fused-ring (bicyclic) bond motifs is 1. The van der Waals surface area contributed by atoms with Crippen molar-refractivity contribution < 1.29 is 14.2 Å². The lowest BCUT2D eigenvalue weighted by Crippen LogP contribution is -2.35. The van der Waals surface area contributed by atoms with Crippen LogP contribution in [0, 0.1) is 0 Å². The van der Waals surface area contributed by atoms with Crippen LogP contribution in [0.3, 0.4) is 0 Å².